The smallest absolute Gasteiger partial charge is 0.145 e. The molecule has 0 radical (unpaired) electrons. The van der Waals surface area contributed by atoms with Gasteiger partial charge in [-0.2, -0.15) is 0 Å². The highest BCUT2D eigenvalue weighted by Gasteiger charge is 2.02. The van der Waals surface area contributed by atoms with Crippen LogP contribution in [0.4, 0.5) is 10.1 Å². The molecule has 0 amide bonds. The topological polar surface area (TPSA) is 35.2 Å². The van der Waals surface area contributed by atoms with Crippen LogP contribution in [0.15, 0.2) is 18.2 Å². The first-order chi connectivity index (χ1) is 6.09. The number of anilines is 1. The molecule has 1 rings (SSSR count). The van der Waals surface area contributed by atoms with Gasteiger partial charge >= 0.3 is 0 Å². The molecule has 0 fully saturated rings. The number of hydrogen-bond donors (Lipinski definition) is 1. The molecule has 0 aliphatic carbocycles. The molecule has 2 N–H and O–H groups in total. The van der Waals surface area contributed by atoms with Gasteiger partial charge in [0.1, 0.15) is 11.6 Å². The molecule has 0 aliphatic heterocycles. The molecule has 1 aromatic rings. The average Bonchev–Trinajstić information content (AvgIpc) is 2.06. The Morgan fingerprint density at radius 2 is 2.15 bits per heavy atom. The van der Waals surface area contributed by atoms with Gasteiger partial charge in [-0.15, -0.1) is 0 Å². The van der Waals surface area contributed by atoms with Crippen molar-refractivity contribution in [2.24, 2.45) is 5.92 Å². The predicted octanol–water partition coefficient (Wildman–Crippen LogP) is 2.44. The molecule has 3 heteroatoms. The first-order valence-corrected chi connectivity index (χ1v) is 4.27. The van der Waals surface area contributed by atoms with Crippen molar-refractivity contribution >= 4 is 5.69 Å². The van der Waals surface area contributed by atoms with Crippen molar-refractivity contribution in [3.8, 4) is 5.75 Å². The van der Waals surface area contributed by atoms with Gasteiger partial charge in [-0.3, -0.25) is 0 Å². The van der Waals surface area contributed by atoms with E-state index in [1.54, 1.807) is 0 Å². The maximum absolute atomic E-state index is 12.7. The van der Waals surface area contributed by atoms with Crippen molar-refractivity contribution in [3.63, 3.8) is 0 Å². The molecule has 0 bridgehead atoms. The summed E-state index contributed by atoms with van der Waals surface area (Å²) in [5.41, 5.74) is 6.06. The number of halogens is 1. The first kappa shape index (κ1) is 9.84. The summed E-state index contributed by atoms with van der Waals surface area (Å²) in [5.74, 6) is 0.504. The molecule has 0 unspecified atom stereocenters. The molecule has 72 valence electrons. The molecule has 0 spiro atoms. The zero-order valence-corrected chi connectivity index (χ0v) is 7.88. The van der Waals surface area contributed by atoms with Gasteiger partial charge in [0.2, 0.25) is 0 Å². The highest BCUT2D eigenvalue weighted by atomic mass is 19.1. The molecule has 0 aliphatic rings. The summed E-state index contributed by atoms with van der Waals surface area (Å²) < 4.78 is 18.1. The summed E-state index contributed by atoms with van der Waals surface area (Å²) >= 11 is 0. The second-order valence-electron chi connectivity index (χ2n) is 3.39. The van der Waals surface area contributed by atoms with Gasteiger partial charge in [-0.25, -0.2) is 4.39 Å². The third-order valence-electron chi connectivity index (χ3n) is 1.55. The van der Waals surface area contributed by atoms with Gasteiger partial charge in [-0.1, -0.05) is 13.8 Å². The van der Waals surface area contributed by atoms with Crippen molar-refractivity contribution in [1.82, 2.24) is 0 Å². The van der Waals surface area contributed by atoms with E-state index in [1.165, 1.54) is 18.2 Å². The van der Waals surface area contributed by atoms with Crippen LogP contribution in [0.3, 0.4) is 0 Å². The minimum absolute atomic E-state index is 0.326. The number of rotatable bonds is 3. The van der Waals surface area contributed by atoms with E-state index in [0.29, 0.717) is 24.0 Å². The fraction of sp³-hybridized carbons (Fsp3) is 0.400. The van der Waals surface area contributed by atoms with Crippen molar-refractivity contribution in [3.05, 3.63) is 24.0 Å². The third kappa shape index (κ3) is 2.93. The average molecular weight is 183 g/mol. The van der Waals surface area contributed by atoms with Gasteiger partial charge in [0.15, 0.2) is 0 Å². The second-order valence-corrected chi connectivity index (χ2v) is 3.39. The Hall–Kier alpha value is -1.25. The maximum Gasteiger partial charge on any atom is 0.145 e. The number of benzene rings is 1. The number of ether oxygens (including phenoxy) is 1. The lowest BCUT2D eigenvalue weighted by Crippen LogP contribution is -2.06. The van der Waals surface area contributed by atoms with E-state index in [2.05, 4.69) is 0 Å². The number of hydrogen-bond acceptors (Lipinski definition) is 2. The SMILES string of the molecule is CC(C)COc1cc(F)ccc1N. The van der Waals surface area contributed by atoms with Crippen LogP contribution < -0.4 is 10.5 Å². The molecule has 13 heavy (non-hydrogen) atoms. The molecular weight excluding hydrogens is 169 g/mol. The minimum Gasteiger partial charge on any atom is -0.491 e. The van der Waals surface area contributed by atoms with E-state index >= 15 is 0 Å². The molecule has 0 saturated heterocycles. The predicted molar refractivity (Wildman–Crippen MR) is 51.1 cm³/mol. The number of nitrogen functional groups attached to an aromatic ring is 1. The molecule has 1 aromatic carbocycles. The van der Waals surface area contributed by atoms with Crippen LogP contribution in [0.1, 0.15) is 13.8 Å². The Morgan fingerprint density at radius 3 is 2.77 bits per heavy atom. The van der Waals surface area contributed by atoms with E-state index in [0.717, 1.165) is 0 Å². The van der Waals surface area contributed by atoms with Crippen LogP contribution in [-0.2, 0) is 0 Å². The zero-order valence-electron chi connectivity index (χ0n) is 7.88. The van der Waals surface area contributed by atoms with Crippen LogP contribution in [0.5, 0.6) is 5.75 Å². The van der Waals surface area contributed by atoms with E-state index in [9.17, 15) is 4.39 Å². The van der Waals surface area contributed by atoms with E-state index in [4.69, 9.17) is 10.5 Å². The summed E-state index contributed by atoms with van der Waals surface area (Å²) in [6, 6.07) is 4.13. The normalized spacial score (nSPS) is 10.5. The Morgan fingerprint density at radius 1 is 1.46 bits per heavy atom. The molecule has 2 nitrogen and oxygen atoms in total. The van der Waals surface area contributed by atoms with Crippen LogP contribution in [0.25, 0.3) is 0 Å². The lowest BCUT2D eigenvalue weighted by molar-refractivity contribution is 0.271. The quantitative estimate of drug-likeness (QED) is 0.730. The third-order valence-corrected chi connectivity index (χ3v) is 1.55. The minimum atomic E-state index is -0.326. The summed E-state index contributed by atoms with van der Waals surface area (Å²) in [7, 11) is 0. The van der Waals surface area contributed by atoms with Gasteiger partial charge < -0.3 is 10.5 Å². The Balaban J connectivity index is 2.70. The first-order valence-electron chi connectivity index (χ1n) is 4.27. The van der Waals surface area contributed by atoms with Crippen molar-refractivity contribution < 1.29 is 9.13 Å². The van der Waals surface area contributed by atoms with Crippen LogP contribution in [0, 0.1) is 11.7 Å². The second kappa shape index (κ2) is 4.12. The van der Waals surface area contributed by atoms with Crippen molar-refractivity contribution in [2.75, 3.05) is 12.3 Å². The van der Waals surface area contributed by atoms with Gasteiger partial charge in [0, 0.05) is 6.07 Å². The van der Waals surface area contributed by atoms with E-state index in [1.807, 2.05) is 13.8 Å². The molecule has 0 saturated carbocycles. The standard InChI is InChI=1S/C10H14FNO/c1-7(2)6-13-10-5-8(11)3-4-9(10)12/h3-5,7H,6,12H2,1-2H3. The highest BCUT2D eigenvalue weighted by Crippen LogP contribution is 2.22. The van der Waals surface area contributed by atoms with E-state index < -0.39 is 0 Å². The van der Waals surface area contributed by atoms with Crippen LogP contribution in [-0.4, -0.2) is 6.61 Å². The van der Waals surface area contributed by atoms with Gasteiger partial charge in [0.25, 0.3) is 0 Å². The lowest BCUT2D eigenvalue weighted by Gasteiger charge is -2.10. The lowest BCUT2D eigenvalue weighted by atomic mass is 10.2. The summed E-state index contributed by atoms with van der Waals surface area (Å²) in [5, 5.41) is 0. The molecule has 0 atom stereocenters. The zero-order chi connectivity index (χ0) is 9.84. The molecule has 0 heterocycles. The van der Waals surface area contributed by atoms with Crippen molar-refractivity contribution in [1.29, 1.82) is 0 Å². The Kier molecular flexibility index (Phi) is 3.12. The highest BCUT2D eigenvalue weighted by molar-refractivity contribution is 5.52. The largest absolute Gasteiger partial charge is 0.491 e. The van der Waals surface area contributed by atoms with Crippen LogP contribution >= 0.6 is 0 Å². The summed E-state index contributed by atoms with van der Waals surface area (Å²) in [4.78, 5) is 0. The maximum atomic E-state index is 12.7. The molecular formula is C10H14FNO. The summed E-state index contributed by atoms with van der Waals surface area (Å²) in [6.07, 6.45) is 0. The monoisotopic (exact) mass is 183 g/mol. The van der Waals surface area contributed by atoms with E-state index in [-0.39, 0.29) is 5.82 Å². The fourth-order valence-corrected chi connectivity index (χ4v) is 0.890. The van der Waals surface area contributed by atoms with Gasteiger partial charge in [-0.05, 0) is 18.1 Å². The fourth-order valence-electron chi connectivity index (χ4n) is 0.890. The molecule has 0 aromatic heterocycles. The van der Waals surface area contributed by atoms with Crippen molar-refractivity contribution in [2.45, 2.75) is 13.8 Å². The Bertz CT molecular complexity index is 286. The number of nitrogens with two attached hydrogens (primary N) is 1. The summed E-state index contributed by atoms with van der Waals surface area (Å²) in [6.45, 7) is 4.60. The Labute approximate surface area is 77.5 Å². The van der Waals surface area contributed by atoms with Gasteiger partial charge in [0.05, 0.1) is 12.3 Å². The van der Waals surface area contributed by atoms with Crippen LogP contribution in [0.2, 0.25) is 0 Å².